The van der Waals surface area contributed by atoms with Crippen molar-refractivity contribution in [2.75, 3.05) is 6.54 Å². The first kappa shape index (κ1) is 26.5. The lowest BCUT2D eigenvalue weighted by atomic mass is 9.95. The van der Waals surface area contributed by atoms with E-state index in [0.29, 0.717) is 19.4 Å². The van der Waals surface area contributed by atoms with E-state index in [1.807, 2.05) is 6.07 Å². The van der Waals surface area contributed by atoms with Crippen molar-refractivity contribution in [1.29, 1.82) is 0 Å². The number of hydrogen-bond acceptors (Lipinski definition) is 6. The van der Waals surface area contributed by atoms with Gasteiger partial charge in [-0.05, 0) is 67.3 Å². The van der Waals surface area contributed by atoms with Crippen LogP contribution in [0, 0.1) is 5.92 Å². The van der Waals surface area contributed by atoms with Gasteiger partial charge in [-0.25, -0.2) is 8.42 Å². The molecule has 9 nitrogen and oxygen atoms in total. The van der Waals surface area contributed by atoms with E-state index in [0.717, 1.165) is 24.0 Å². The number of fused-ring (bicyclic) bond motifs is 1. The summed E-state index contributed by atoms with van der Waals surface area (Å²) in [6.45, 7) is 3.77. The highest BCUT2D eigenvalue weighted by molar-refractivity contribution is 7.89. The van der Waals surface area contributed by atoms with E-state index in [1.165, 1.54) is 12.1 Å². The summed E-state index contributed by atoms with van der Waals surface area (Å²) in [7, 11) is -3.97. The Morgan fingerprint density at radius 2 is 1.80 bits per heavy atom. The van der Waals surface area contributed by atoms with Crippen molar-refractivity contribution in [2.24, 2.45) is 5.92 Å². The van der Waals surface area contributed by atoms with Crippen LogP contribution in [0.25, 0.3) is 0 Å². The van der Waals surface area contributed by atoms with Gasteiger partial charge >= 0.3 is 0 Å². The topological polar surface area (TPSA) is 134 Å². The van der Waals surface area contributed by atoms with Gasteiger partial charge in [-0.15, -0.1) is 0 Å². The van der Waals surface area contributed by atoms with Gasteiger partial charge in [-0.3, -0.25) is 19.4 Å². The van der Waals surface area contributed by atoms with Crippen LogP contribution in [0.5, 0.6) is 0 Å². The number of nitrogens with zero attached hydrogens (tertiary/aromatic N) is 1. The highest BCUT2D eigenvalue weighted by Gasteiger charge is 2.33. The van der Waals surface area contributed by atoms with Crippen molar-refractivity contribution in [3.63, 3.8) is 0 Å². The summed E-state index contributed by atoms with van der Waals surface area (Å²) >= 11 is 0. The Bertz CT molecular complexity index is 1150. The lowest BCUT2D eigenvalue weighted by Gasteiger charge is -2.25. The van der Waals surface area contributed by atoms with Crippen molar-refractivity contribution in [1.82, 2.24) is 20.3 Å². The zero-order chi connectivity index (χ0) is 25.4. The summed E-state index contributed by atoms with van der Waals surface area (Å²) in [5, 5.41) is 5.27. The van der Waals surface area contributed by atoms with Crippen LogP contribution in [0.2, 0.25) is 0 Å². The number of carbonyl (C=O) groups is 3. The second kappa shape index (κ2) is 12.0. The van der Waals surface area contributed by atoms with Gasteiger partial charge in [-0.1, -0.05) is 32.0 Å². The van der Waals surface area contributed by atoms with Crippen molar-refractivity contribution in [3.8, 4) is 0 Å². The summed E-state index contributed by atoms with van der Waals surface area (Å²) in [4.78, 5) is 42.8. The Kier molecular flexibility index (Phi) is 9.11. The number of Topliss-reactive ketones (excluding diaryl/α,β-unsaturated/α-hetero) is 1. The second-order valence-corrected chi connectivity index (χ2v) is 10.7. The zero-order valence-electron chi connectivity index (χ0n) is 20.0. The Morgan fingerprint density at radius 1 is 1.06 bits per heavy atom. The summed E-state index contributed by atoms with van der Waals surface area (Å²) < 4.78 is 28.1. The van der Waals surface area contributed by atoms with Crippen LogP contribution in [0.1, 0.15) is 44.2 Å². The number of hydrogen-bond donors (Lipinski definition) is 3. The molecule has 2 unspecified atom stereocenters. The molecule has 1 aliphatic heterocycles. The van der Waals surface area contributed by atoms with Gasteiger partial charge in [0.15, 0.2) is 0 Å². The molecule has 0 saturated heterocycles. The first-order chi connectivity index (χ1) is 16.7. The number of ketones is 1. The summed E-state index contributed by atoms with van der Waals surface area (Å²) in [6.07, 6.45) is 6.51. The number of benzene rings is 1. The summed E-state index contributed by atoms with van der Waals surface area (Å²) in [5.74, 6) is -2.58. The largest absolute Gasteiger partial charge is 0.349 e. The number of pyridine rings is 1. The number of sulfonamides is 1. The quantitative estimate of drug-likeness (QED) is 0.515. The average molecular weight is 501 g/mol. The molecule has 35 heavy (non-hydrogen) atoms. The van der Waals surface area contributed by atoms with Gasteiger partial charge in [0.2, 0.25) is 21.7 Å². The second-order valence-electron chi connectivity index (χ2n) is 8.98. The van der Waals surface area contributed by atoms with Crippen molar-refractivity contribution >= 4 is 27.6 Å². The lowest BCUT2D eigenvalue weighted by molar-refractivity contribution is -0.140. The molecule has 2 atom stereocenters. The maximum absolute atomic E-state index is 13.2. The number of nitrogens with one attached hydrogen (secondary N) is 3. The van der Waals surface area contributed by atoms with E-state index in [-0.39, 0.29) is 11.3 Å². The molecule has 1 aliphatic rings. The Balaban J connectivity index is 1.81. The summed E-state index contributed by atoms with van der Waals surface area (Å²) in [5.41, 5.74) is 2.09. The predicted molar refractivity (Wildman–Crippen MR) is 131 cm³/mol. The van der Waals surface area contributed by atoms with Gasteiger partial charge < -0.3 is 10.6 Å². The standard InChI is InChI=1S/C25H32N4O5S/c1-17(2)22(29-35(33,34)20-9-4-3-5-10-20)24(31)28-21-12-11-19-16-26-15-13-18(19)8-6-7-14-27-25(32)23(21)30/h3-5,9-10,13,15-17,21-22,29H,6-8,11-12,14H2,1-2H3,(H,27,32)(H,28,31). The van der Waals surface area contributed by atoms with Crippen molar-refractivity contribution in [2.45, 2.75) is 62.9 Å². The van der Waals surface area contributed by atoms with Crippen LogP contribution in [0.3, 0.4) is 0 Å². The number of carbonyl (C=O) groups excluding carboxylic acids is 3. The molecule has 3 rings (SSSR count). The van der Waals surface area contributed by atoms with Gasteiger partial charge in [0.05, 0.1) is 10.9 Å². The molecule has 0 radical (unpaired) electrons. The number of rotatable bonds is 6. The summed E-state index contributed by atoms with van der Waals surface area (Å²) in [6, 6.07) is 7.46. The minimum absolute atomic E-state index is 0.0315. The number of aryl methyl sites for hydroxylation is 2. The SMILES string of the molecule is CC(C)C(NS(=O)(=O)c1ccccc1)C(=O)NC1CCc2cnccc2CCCCNC(=O)C1=O. The highest BCUT2D eigenvalue weighted by atomic mass is 32.2. The molecule has 0 saturated carbocycles. The minimum atomic E-state index is -3.97. The Morgan fingerprint density at radius 3 is 2.51 bits per heavy atom. The van der Waals surface area contributed by atoms with E-state index in [9.17, 15) is 22.8 Å². The smallest absolute Gasteiger partial charge is 0.289 e. The molecular formula is C25H32N4O5S. The molecule has 0 bridgehead atoms. The molecule has 10 heteroatoms. The van der Waals surface area contributed by atoms with Crippen molar-refractivity contribution < 1.29 is 22.8 Å². The van der Waals surface area contributed by atoms with E-state index >= 15 is 0 Å². The zero-order valence-corrected chi connectivity index (χ0v) is 20.8. The lowest BCUT2D eigenvalue weighted by Crippen LogP contribution is -2.55. The molecule has 0 fully saturated rings. The minimum Gasteiger partial charge on any atom is -0.349 e. The third-order valence-corrected chi connectivity index (χ3v) is 7.46. The van der Waals surface area contributed by atoms with Crippen LogP contribution in [0.4, 0.5) is 0 Å². The highest BCUT2D eigenvalue weighted by Crippen LogP contribution is 2.16. The maximum atomic E-state index is 13.2. The van der Waals surface area contributed by atoms with Crippen LogP contribution in [0.15, 0.2) is 53.7 Å². The fourth-order valence-corrected chi connectivity index (χ4v) is 5.34. The van der Waals surface area contributed by atoms with Gasteiger partial charge in [0.25, 0.3) is 5.91 Å². The maximum Gasteiger partial charge on any atom is 0.289 e. The van der Waals surface area contributed by atoms with Gasteiger partial charge in [0.1, 0.15) is 6.04 Å². The number of aromatic nitrogens is 1. The fourth-order valence-electron chi connectivity index (χ4n) is 3.97. The van der Waals surface area contributed by atoms with Crippen molar-refractivity contribution in [3.05, 3.63) is 59.9 Å². The molecule has 1 aromatic heterocycles. The normalized spacial score (nSPS) is 18.5. The molecule has 2 amide bonds. The van der Waals surface area contributed by atoms with E-state index < -0.39 is 45.6 Å². The van der Waals surface area contributed by atoms with E-state index in [4.69, 9.17) is 0 Å². The molecule has 2 heterocycles. The fraction of sp³-hybridized carbons (Fsp3) is 0.440. The van der Waals surface area contributed by atoms with Gasteiger partial charge in [0, 0.05) is 18.9 Å². The van der Waals surface area contributed by atoms with Crippen LogP contribution in [-0.2, 0) is 37.2 Å². The Labute approximate surface area is 206 Å². The van der Waals surface area contributed by atoms with Crippen LogP contribution >= 0.6 is 0 Å². The molecule has 3 N–H and O–H groups in total. The predicted octanol–water partition coefficient (Wildman–Crippen LogP) is 1.52. The third-order valence-electron chi connectivity index (χ3n) is 6.01. The molecule has 188 valence electrons. The van der Waals surface area contributed by atoms with Crippen LogP contribution in [-0.4, -0.2) is 49.6 Å². The first-order valence-electron chi connectivity index (χ1n) is 11.8. The molecule has 2 aromatic rings. The average Bonchev–Trinajstić information content (AvgIpc) is 2.84. The van der Waals surface area contributed by atoms with Crippen LogP contribution < -0.4 is 15.4 Å². The third kappa shape index (κ3) is 7.19. The van der Waals surface area contributed by atoms with E-state index in [1.54, 1.807) is 44.4 Å². The number of amides is 2. The monoisotopic (exact) mass is 500 g/mol. The van der Waals surface area contributed by atoms with E-state index in [2.05, 4.69) is 20.3 Å². The molecular weight excluding hydrogens is 468 g/mol. The molecule has 0 spiro atoms. The first-order valence-corrected chi connectivity index (χ1v) is 13.3. The molecule has 0 aliphatic carbocycles. The Hall–Kier alpha value is -3.11. The molecule has 1 aromatic carbocycles. The van der Waals surface area contributed by atoms with Gasteiger partial charge in [-0.2, -0.15) is 4.72 Å².